The molecule has 0 bridgehead atoms. The summed E-state index contributed by atoms with van der Waals surface area (Å²) < 4.78 is 0. The highest BCUT2D eigenvalue weighted by Crippen LogP contribution is 2.09. The van der Waals surface area contributed by atoms with Gasteiger partial charge in [0.2, 0.25) is 0 Å². The van der Waals surface area contributed by atoms with Crippen LogP contribution in [0.25, 0.3) is 0 Å². The Hall–Kier alpha value is -0.120. The van der Waals surface area contributed by atoms with Crippen molar-refractivity contribution in [3.05, 3.63) is 16.6 Å². The summed E-state index contributed by atoms with van der Waals surface area (Å²) in [5, 5.41) is 3.52. The lowest BCUT2D eigenvalue weighted by Crippen LogP contribution is -2.25. The number of thiazole rings is 1. The molecule has 0 aliphatic rings. The molecule has 13 heavy (non-hydrogen) atoms. The van der Waals surface area contributed by atoms with Gasteiger partial charge in [-0.15, -0.1) is 22.9 Å². The predicted octanol–water partition coefficient (Wildman–Crippen LogP) is 2.50. The lowest BCUT2D eigenvalue weighted by atomic mass is 10.1. The van der Waals surface area contributed by atoms with Gasteiger partial charge in [-0.1, -0.05) is 13.8 Å². The minimum Gasteiger partial charge on any atom is -0.310 e. The Morgan fingerprint density at radius 2 is 2.38 bits per heavy atom. The van der Waals surface area contributed by atoms with Gasteiger partial charge in [0.15, 0.2) is 0 Å². The van der Waals surface area contributed by atoms with Crippen molar-refractivity contribution in [2.75, 3.05) is 6.54 Å². The van der Waals surface area contributed by atoms with Crippen LogP contribution in [-0.4, -0.2) is 16.9 Å². The summed E-state index contributed by atoms with van der Waals surface area (Å²) in [4.78, 5) is 5.26. The van der Waals surface area contributed by atoms with Crippen LogP contribution in [0.2, 0.25) is 0 Å². The molecule has 1 rings (SSSR count). The molecular formula is C9H15ClN2S. The number of halogens is 1. The number of nitrogens with zero attached hydrogens (tertiary/aromatic N) is 1. The molecule has 1 unspecified atom stereocenters. The lowest BCUT2D eigenvalue weighted by molar-refractivity contribution is 0.547. The Balaban J connectivity index is 2.14. The van der Waals surface area contributed by atoms with E-state index in [9.17, 15) is 0 Å². The first kappa shape index (κ1) is 11.0. The van der Waals surface area contributed by atoms with E-state index in [0.29, 0.717) is 5.92 Å². The third-order valence-corrected chi connectivity index (χ3v) is 3.28. The van der Waals surface area contributed by atoms with Crippen LogP contribution in [0.3, 0.4) is 0 Å². The summed E-state index contributed by atoms with van der Waals surface area (Å²) in [5.41, 5.74) is 1.84. The third-order valence-electron chi connectivity index (χ3n) is 1.85. The Labute approximate surface area is 88.3 Å². The van der Waals surface area contributed by atoms with Crippen molar-refractivity contribution in [1.29, 1.82) is 0 Å². The van der Waals surface area contributed by atoms with Gasteiger partial charge < -0.3 is 5.32 Å². The van der Waals surface area contributed by atoms with E-state index in [-0.39, 0.29) is 5.38 Å². The van der Waals surface area contributed by atoms with Crippen molar-refractivity contribution in [2.24, 2.45) is 5.92 Å². The van der Waals surface area contributed by atoms with Crippen LogP contribution >= 0.6 is 22.9 Å². The highest BCUT2D eigenvalue weighted by atomic mass is 35.5. The summed E-state index contributed by atoms with van der Waals surface area (Å²) in [6, 6.07) is 0. The molecule has 0 aliphatic carbocycles. The molecule has 0 amide bonds. The molecule has 0 aromatic carbocycles. The molecule has 1 N–H and O–H groups in total. The Morgan fingerprint density at radius 3 is 2.92 bits per heavy atom. The second-order valence-electron chi connectivity index (χ2n) is 3.36. The van der Waals surface area contributed by atoms with Crippen LogP contribution in [0.15, 0.2) is 11.7 Å². The number of hydrogen-bond acceptors (Lipinski definition) is 3. The molecule has 0 radical (unpaired) electrons. The molecule has 0 aliphatic heterocycles. The van der Waals surface area contributed by atoms with Crippen LogP contribution in [0, 0.1) is 5.92 Å². The van der Waals surface area contributed by atoms with E-state index >= 15 is 0 Å². The van der Waals surface area contributed by atoms with Crippen molar-refractivity contribution in [3.63, 3.8) is 0 Å². The van der Waals surface area contributed by atoms with Crippen molar-refractivity contribution in [2.45, 2.75) is 25.8 Å². The molecule has 2 nitrogen and oxygen atoms in total. The van der Waals surface area contributed by atoms with E-state index in [1.54, 1.807) is 11.3 Å². The first-order valence-electron chi connectivity index (χ1n) is 4.42. The van der Waals surface area contributed by atoms with E-state index in [1.165, 1.54) is 4.88 Å². The van der Waals surface area contributed by atoms with E-state index in [2.05, 4.69) is 24.1 Å². The average molecular weight is 219 g/mol. The maximum atomic E-state index is 6.08. The maximum Gasteiger partial charge on any atom is 0.0794 e. The van der Waals surface area contributed by atoms with Crippen molar-refractivity contribution in [1.82, 2.24) is 10.3 Å². The SMILES string of the molecule is CC(C)C(Cl)CNCc1cncs1. The number of alkyl halides is 1. The summed E-state index contributed by atoms with van der Waals surface area (Å²) in [7, 11) is 0. The van der Waals surface area contributed by atoms with E-state index in [0.717, 1.165) is 13.1 Å². The van der Waals surface area contributed by atoms with Gasteiger partial charge in [-0.05, 0) is 5.92 Å². The Kier molecular flexibility index (Phi) is 4.70. The maximum absolute atomic E-state index is 6.08. The van der Waals surface area contributed by atoms with Gasteiger partial charge in [0.25, 0.3) is 0 Å². The number of rotatable bonds is 5. The molecule has 1 aromatic heterocycles. The first-order valence-corrected chi connectivity index (χ1v) is 5.74. The number of nitrogens with one attached hydrogen (secondary N) is 1. The zero-order valence-corrected chi connectivity index (χ0v) is 9.53. The summed E-state index contributed by atoms with van der Waals surface area (Å²) in [6.07, 6.45) is 1.89. The summed E-state index contributed by atoms with van der Waals surface area (Å²) >= 11 is 7.75. The Bertz CT molecular complexity index is 224. The fourth-order valence-electron chi connectivity index (χ4n) is 0.898. The molecule has 1 aromatic rings. The molecule has 0 saturated heterocycles. The molecule has 0 spiro atoms. The molecular weight excluding hydrogens is 204 g/mol. The zero-order valence-electron chi connectivity index (χ0n) is 7.96. The number of aromatic nitrogens is 1. The van der Waals surface area contributed by atoms with Crippen molar-refractivity contribution < 1.29 is 0 Å². The molecule has 0 saturated carbocycles. The van der Waals surface area contributed by atoms with E-state index < -0.39 is 0 Å². The fraction of sp³-hybridized carbons (Fsp3) is 0.667. The third kappa shape index (κ3) is 4.07. The minimum absolute atomic E-state index is 0.216. The fourth-order valence-corrected chi connectivity index (χ4v) is 1.57. The second-order valence-corrected chi connectivity index (χ2v) is 4.89. The second kappa shape index (κ2) is 5.58. The van der Waals surface area contributed by atoms with E-state index in [4.69, 9.17) is 11.6 Å². The average Bonchev–Trinajstić information content (AvgIpc) is 2.56. The van der Waals surface area contributed by atoms with Gasteiger partial charge in [-0.3, -0.25) is 4.98 Å². The van der Waals surface area contributed by atoms with Crippen LogP contribution in [0.1, 0.15) is 18.7 Å². The van der Waals surface area contributed by atoms with Crippen molar-refractivity contribution in [3.8, 4) is 0 Å². The normalized spacial score (nSPS) is 13.5. The van der Waals surface area contributed by atoms with Gasteiger partial charge in [0.1, 0.15) is 0 Å². The summed E-state index contributed by atoms with van der Waals surface area (Å²) in [5.74, 6) is 0.524. The highest BCUT2D eigenvalue weighted by Gasteiger charge is 2.08. The predicted molar refractivity (Wildman–Crippen MR) is 58.3 cm³/mol. The lowest BCUT2D eigenvalue weighted by Gasteiger charge is -2.13. The highest BCUT2D eigenvalue weighted by molar-refractivity contribution is 7.09. The van der Waals surface area contributed by atoms with Gasteiger partial charge in [-0.25, -0.2) is 0 Å². The smallest absolute Gasteiger partial charge is 0.0794 e. The zero-order chi connectivity index (χ0) is 9.68. The molecule has 4 heteroatoms. The topological polar surface area (TPSA) is 24.9 Å². The number of hydrogen-bond donors (Lipinski definition) is 1. The largest absolute Gasteiger partial charge is 0.310 e. The summed E-state index contributed by atoms with van der Waals surface area (Å²) in [6.45, 7) is 6.00. The van der Waals surface area contributed by atoms with Crippen LogP contribution < -0.4 is 5.32 Å². The van der Waals surface area contributed by atoms with Crippen LogP contribution in [0.4, 0.5) is 0 Å². The molecule has 0 fully saturated rings. The van der Waals surface area contributed by atoms with Crippen molar-refractivity contribution >= 4 is 22.9 Å². The van der Waals surface area contributed by atoms with Crippen LogP contribution in [-0.2, 0) is 6.54 Å². The quantitative estimate of drug-likeness (QED) is 0.769. The first-order chi connectivity index (χ1) is 6.20. The van der Waals surface area contributed by atoms with Gasteiger partial charge >= 0.3 is 0 Å². The monoisotopic (exact) mass is 218 g/mol. The van der Waals surface area contributed by atoms with Gasteiger partial charge in [0.05, 0.1) is 5.51 Å². The minimum atomic E-state index is 0.216. The molecule has 74 valence electrons. The molecule has 1 atom stereocenters. The Morgan fingerprint density at radius 1 is 1.62 bits per heavy atom. The van der Waals surface area contributed by atoms with E-state index in [1.807, 2.05) is 11.7 Å². The van der Waals surface area contributed by atoms with Gasteiger partial charge in [-0.2, -0.15) is 0 Å². The molecule has 1 heterocycles. The van der Waals surface area contributed by atoms with Gasteiger partial charge in [0, 0.05) is 29.5 Å². The van der Waals surface area contributed by atoms with Crippen LogP contribution in [0.5, 0.6) is 0 Å². The standard InChI is InChI=1S/C9H15ClN2S/c1-7(2)9(10)5-11-3-8-4-12-6-13-8/h4,6-7,9,11H,3,5H2,1-2H3.